The summed E-state index contributed by atoms with van der Waals surface area (Å²) in [6, 6.07) is 15.6. The molecule has 6 atom stereocenters. The molecule has 1 aromatic heterocycles. The van der Waals surface area contributed by atoms with Crippen LogP contribution < -0.4 is 5.73 Å². The molecule has 0 radical (unpaired) electrons. The van der Waals surface area contributed by atoms with Crippen molar-refractivity contribution in [3.63, 3.8) is 0 Å². The third kappa shape index (κ3) is 6.82. The van der Waals surface area contributed by atoms with Gasteiger partial charge in [-0.3, -0.25) is 14.4 Å². The summed E-state index contributed by atoms with van der Waals surface area (Å²) in [7, 11) is 1.86. The molecule has 8 rings (SSSR count). The van der Waals surface area contributed by atoms with Gasteiger partial charge in [-0.15, -0.1) is 0 Å². The fraction of sp³-hybridized carbons (Fsp3) is 0.528. The number of H-pyrrole nitrogens is 1. The largest absolute Gasteiger partial charge is 0.431 e. The predicted molar refractivity (Wildman–Crippen MR) is 177 cm³/mol. The van der Waals surface area contributed by atoms with Gasteiger partial charge in [0.05, 0.1) is 12.0 Å². The zero-order valence-corrected chi connectivity index (χ0v) is 28.2. The normalized spacial score (nSPS) is 27.4. The zero-order chi connectivity index (χ0) is 34.9. The third-order valence-corrected chi connectivity index (χ3v) is 10.0. The number of piperidine rings is 1. The predicted octanol–water partition coefficient (Wildman–Crippen LogP) is 5.22. The number of nitrogens with two attached hydrogens (primary N) is 1. The molecule has 0 bridgehead atoms. The molecule has 12 heteroatoms. The van der Waals surface area contributed by atoms with Crippen molar-refractivity contribution in [3.8, 4) is 0 Å². The monoisotopic (exact) mass is 669 g/mol. The molecule has 3 amide bonds. The Bertz CT molecular complexity index is 1630. The molecule has 9 nitrogen and oxygen atoms in total. The molecule has 0 spiro atoms. The van der Waals surface area contributed by atoms with E-state index in [4.69, 9.17) is 10.5 Å². The number of aromatic amines is 1. The molecule has 6 unspecified atom stereocenters. The van der Waals surface area contributed by atoms with Crippen molar-refractivity contribution in [1.82, 2.24) is 19.7 Å². The maximum Gasteiger partial charge on any atom is 0.431 e. The second kappa shape index (κ2) is 14.3. The lowest BCUT2D eigenvalue weighted by atomic mass is 9.72. The van der Waals surface area contributed by atoms with Crippen molar-refractivity contribution in [1.29, 1.82) is 0 Å². The van der Waals surface area contributed by atoms with Crippen LogP contribution in [-0.2, 0) is 31.7 Å². The molecule has 2 aromatic carbocycles. The molecular formula is C36H46F3N5O4. The average molecular weight is 670 g/mol. The Labute approximate surface area is 279 Å². The number of amides is 3. The van der Waals surface area contributed by atoms with Gasteiger partial charge in [0.1, 0.15) is 18.3 Å². The first-order chi connectivity index (χ1) is 22.8. The number of likely N-dealkylation sites (tertiary alicyclic amines) is 1. The Hall–Kier alpha value is -3.90. The minimum absolute atomic E-state index is 0.0225. The Morgan fingerprint density at radius 2 is 1.73 bits per heavy atom. The minimum Gasteiger partial charge on any atom is -0.369 e. The van der Waals surface area contributed by atoms with Crippen molar-refractivity contribution in [3.05, 3.63) is 70.9 Å². The number of likely N-dealkylation sites (N-methyl/N-ethyl adjacent to an activating group) is 1. The van der Waals surface area contributed by atoms with Gasteiger partial charge in [0, 0.05) is 36.0 Å². The molecule has 5 heterocycles. The number of hydrogen-bond donors (Lipinski definition) is 2. The van der Waals surface area contributed by atoms with Gasteiger partial charge in [0.15, 0.2) is 6.23 Å². The van der Waals surface area contributed by atoms with E-state index in [1.165, 1.54) is 5.56 Å². The second-order valence-electron chi connectivity index (χ2n) is 13.0. The van der Waals surface area contributed by atoms with E-state index in [0.29, 0.717) is 35.9 Å². The fourth-order valence-electron chi connectivity index (χ4n) is 7.81. The number of piperazine rings is 1. The minimum atomic E-state index is -4.40. The first-order valence-electron chi connectivity index (χ1n) is 16.8. The van der Waals surface area contributed by atoms with Crippen LogP contribution in [-0.4, -0.2) is 88.5 Å². The highest BCUT2D eigenvalue weighted by atomic mass is 19.4. The summed E-state index contributed by atoms with van der Waals surface area (Å²) >= 11 is 0. The molecule has 3 N–H and O–H groups in total. The lowest BCUT2D eigenvalue weighted by molar-refractivity contribution is -0.153. The van der Waals surface area contributed by atoms with E-state index < -0.39 is 11.9 Å². The SMILES string of the molecule is CC.CC1OC2C3CCCN3C(=O)CN2C1=O.CN1CC(C(N)=O)CC2c3cccc4[nH]c(C(F)(F)F)c(c34)CC21.Cc1ccccc1. The van der Waals surface area contributed by atoms with Crippen LogP contribution in [0.5, 0.6) is 0 Å². The molecule has 48 heavy (non-hydrogen) atoms. The summed E-state index contributed by atoms with van der Waals surface area (Å²) in [6.07, 6.45) is -2.08. The van der Waals surface area contributed by atoms with E-state index in [9.17, 15) is 27.6 Å². The number of carbonyl (C=O) groups excluding carboxylic acids is 3. The van der Waals surface area contributed by atoms with Crippen LogP contribution in [0.4, 0.5) is 13.2 Å². The first-order valence-corrected chi connectivity index (χ1v) is 16.8. The number of nitrogens with zero attached hydrogens (tertiary/aromatic N) is 3. The molecule has 1 aliphatic carbocycles. The van der Waals surface area contributed by atoms with E-state index in [2.05, 4.69) is 24.0 Å². The molecular weight excluding hydrogens is 623 g/mol. The van der Waals surface area contributed by atoms with Crippen molar-refractivity contribution in [2.75, 3.05) is 26.7 Å². The molecule has 4 saturated heterocycles. The van der Waals surface area contributed by atoms with Crippen LogP contribution in [0.3, 0.4) is 0 Å². The molecule has 4 fully saturated rings. The number of halogens is 3. The Morgan fingerprint density at radius 3 is 2.35 bits per heavy atom. The summed E-state index contributed by atoms with van der Waals surface area (Å²) < 4.78 is 45.9. The number of hydrogen-bond acceptors (Lipinski definition) is 5. The molecule has 260 valence electrons. The average Bonchev–Trinajstić information content (AvgIpc) is 3.78. The number of alkyl halides is 3. The first kappa shape index (κ1) is 35.4. The molecule has 4 aliphatic heterocycles. The van der Waals surface area contributed by atoms with Crippen molar-refractivity contribution < 1.29 is 32.3 Å². The van der Waals surface area contributed by atoms with Gasteiger partial charge < -0.3 is 30.2 Å². The molecule has 5 aliphatic rings. The summed E-state index contributed by atoms with van der Waals surface area (Å²) in [5, 5.41) is 0.671. The maximum absolute atomic E-state index is 13.4. The summed E-state index contributed by atoms with van der Waals surface area (Å²) in [5.41, 5.74) is 7.91. The number of aryl methyl sites for hydroxylation is 1. The fourth-order valence-corrected chi connectivity index (χ4v) is 7.81. The van der Waals surface area contributed by atoms with E-state index >= 15 is 0 Å². The van der Waals surface area contributed by atoms with E-state index in [-0.39, 0.29) is 60.5 Å². The van der Waals surface area contributed by atoms with E-state index in [0.717, 1.165) is 24.9 Å². The number of primary amides is 1. The van der Waals surface area contributed by atoms with E-state index in [1.807, 2.05) is 55.0 Å². The number of nitrogens with one attached hydrogen (secondary N) is 1. The van der Waals surface area contributed by atoms with Gasteiger partial charge in [0.2, 0.25) is 11.8 Å². The van der Waals surface area contributed by atoms with Gasteiger partial charge in [0.25, 0.3) is 5.91 Å². The van der Waals surface area contributed by atoms with Crippen LogP contribution >= 0.6 is 0 Å². The van der Waals surface area contributed by atoms with Crippen molar-refractivity contribution in [2.45, 2.75) is 89.9 Å². The number of benzene rings is 2. The summed E-state index contributed by atoms with van der Waals surface area (Å²) in [4.78, 5) is 43.1. The second-order valence-corrected chi connectivity index (χ2v) is 13.0. The smallest absolute Gasteiger partial charge is 0.369 e. The van der Waals surface area contributed by atoms with Gasteiger partial charge >= 0.3 is 6.18 Å². The van der Waals surface area contributed by atoms with Crippen LogP contribution in [0.25, 0.3) is 10.9 Å². The van der Waals surface area contributed by atoms with Gasteiger partial charge in [-0.05, 0) is 63.8 Å². The van der Waals surface area contributed by atoms with Crippen LogP contribution in [0.15, 0.2) is 48.5 Å². The summed E-state index contributed by atoms with van der Waals surface area (Å²) in [5.74, 6) is -0.563. The lowest BCUT2D eigenvalue weighted by Gasteiger charge is -2.45. The van der Waals surface area contributed by atoms with Crippen molar-refractivity contribution >= 4 is 28.6 Å². The Morgan fingerprint density at radius 1 is 1.02 bits per heavy atom. The number of fused-ring (bicyclic) bond motifs is 5. The maximum atomic E-state index is 13.4. The lowest BCUT2D eigenvalue weighted by Crippen LogP contribution is -2.58. The van der Waals surface area contributed by atoms with Crippen molar-refractivity contribution in [2.24, 2.45) is 11.7 Å². The number of ether oxygens (including phenoxy) is 1. The van der Waals surface area contributed by atoms with E-state index in [1.54, 1.807) is 24.0 Å². The number of rotatable bonds is 1. The van der Waals surface area contributed by atoms with Gasteiger partial charge in [-0.2, -0.15) is 13.2 Å². The highest BCUT2D eigenvalue weighted by molar-refractivity contribution is 5.91. The molecule has 3 aromatic rings. The van der Waals surface area contributed by atoms with Crippen LogP contribution in [0, 0.1) is 12.8 Å². The van der Waals surface area contributed by atoms with Crippen LogP contribution in [0.2, 0.25) is 0 Å². The molecule has 0 saturated carbocycles. The van der Waals surface area contributed by atoms with Gasteiger partial charge in [-0.25, -0.2) is 0 Å². The van der Waals surface area contributed by atoms with Crippen LogP contribution in [0.1, 0.15) is 68.3 Å². The van der Waals surface area contributed by atoms with Gasteiger partial charge in [-0.1, -0.05) is 61.9 Å². The third-order valence-electron chi connectivity index (χ3n) is 10.0. The summed E-state index contributed by atoms with van der Waals surface area (Å²) in [6.45, 7) is 9.35. The topological polar surface area (TPSA) is 112 Å². The zero-order valence-electron chi connectivity index (χ0n) is 28.2. The highest BCUT2D eigenvalue weighted by Gasteiger charge is 2.51. The Kier molecular flexibility index (Phi) is 10.5. The quantitative estimate of drug-likeness (QED) is 0.369. The number of aromatic nitrogens is 1. The number of carbonyl (C=O) groups is 3. The highest BCUT2D eigenvalue weighted by Crippen LogP contribution is 2.47. The Balaban J connectivity index is 0.000000159. The standard InChI is InChI=1S/C17H18F3N3O.C10H14N2O3.C7H8.C2H6/c1-23-7-8(16(21)24)5-10-9-3-2-4-12-14(9)11(6-13(10)23)15(22-12)17(18,19)20;1-6-9(14)12-5-8(13)11-4-2-3-7(11)10(12)15-6;1-7-5-3-2-4-6-7;1-2/h2-4,8,10,13,22H,5-7H2,1H3,(H2,21,24);6-7,10H,2-5H2,1H3;2-6H,1H3;1-2H3.